The van der Waals surface area contributed by atoms with Crippen LogP contribution in [-0.4, -0.2) is 17.6 Å². The van der Waals surface area contributed by atoms with Gasteiger partial charge >= 0.3 is 5.97 Å². The summed E-state index contributed by atoms with van der Waals surface area (Å²) in [4.78, 5) is 15.9. The van der Waals surface area contributed by atoms with Gasteiger partial charge in [0, 0.05) is 16.9 Å². The summed E-state index contributed by atoms with van der Waals surface area (Å²) >= 11 is 3.41. The number of pyridine rings is 1. The number of rotatable bonds is 6. The Morgan fingerprint density at radius 3 is 2.90 bits per heavy atom. The fraction of sp³-hybridized carbons (Fsp3) is 0.294. The predicted molar refractivity (Wildman–Crippen MR) is 86.1 cm³/mol. The Morgan fingerprint density at radius 2 is 2.19 bits per heavy atom. The van der Waals surface area contributed by atoms with Crippen LogP contribution in [0.4, 0.5) is 0 Å². The summed E-state index contributed by atoms with van der Waals surface area (Å²) in [5.74, 6) is -0.174. The summed E-state index contributed by atoms with van der Waals surface area (Å²) in [6, 6.07) is 9.84. The van der Waals surface area contributed by atoms with Gasteiger partial charge in [-0.1, -0.05) is 28.1 Å². The molecule has 0 spiro atoms. The zero-order valence-electron chi connectivity index (χ0n) is 12.0. The monoisotopic (exact) mass is 347 g/mol. The van der Waals surface area contributed by atoms with Crippen LogP contribution in [0.15, 0.2) is 47.2 Å². The van der Waals surface area contributed by atoms with Gasteiger partial charge in [-0.25, -0.2) is 0 Å². The number of ether oxygens (including phenoxy) is 1. The van der Waals surface area contributed by atoms with Crippen molar-refractivity contribution < 1.29 is 9.53 Å². The molecule has 0 aliphatic carbocycles. The first-order chi connectivity index (χ1) is 10.1. The fourth-order valence-electron chi connectivity index (χ4n) is 2.07. The normalized spacial score (nSPS) is 10.4. The van der Waals surface area contributed by atoms with Gasteiger partial charge in [-0.05, 0) is 54.7 Å². The zero-order chi connectivity index (χ0) is 15.1. The van der Waals surface area contributed by atoms with Crippen molar-refractivity contribution in [2.45, 2.75) is 26.2 Å². The van der Waals surface area contributed by atoms with Crippen LogP contribution in [0.5, 0.6) is 0 Å². The van der Waals surface area contributed by atoms with E-state index >= 15 is 0 Å². The van der Waals surface area contributed by atoms with Crippen molar-refractivity contribution in [1.29, 1.82) is 0 Å². The van der Waals surface area contributed by atoms with Gasteiger partial charge in [-0.3, -0.25) is 9.78 Å². The Bertz CT molecular complexity index is 599. The van der Waals surface area contributed by atoms with Gasteiger partial charge in [0.25, 0.3) is 0 Å². The molecule has 3 nitrogen and oxygen atoms in total. The van der Waals surface area contributed by atoms with Gasteiger partial charge in [-0.2, -0.15) is 0 Å². The van der Waals surface area contributed by atoms with E-state index in [1.807, 2.05) is 43.5 Å². The molecule has 0 bridgehead atoms. The summed E-state index contributed by atoms with van der Waals surface area (Å²) in [5.41, 5.74) is 3.27. The molecule has 0 atom stereocenters. The molecular formula is C17H18BrNO2. The number of carbonyl (C=O) groups excluding carboxylic acids is 1. The van der Waals surface area contributed by atoms with Crippen molar-refractivity contribution >= 4 is 21.9 Å². The summed E-state index contributed by atoms with van der Waals surface area (Å²) in [6.45, 7) is 2.44. The van der Waals surface area contributed by atoms with Crippen molar-refractivity contribution in [1.82, 2.24) is 4.98 Å². The average Bonchev–Trinajstić information content (AvgIpc) is 2.48. The van der Waals surface area contributed by atoms with Gasteiger partial charge in [-0.15, -0.1) is 0 Å². The van der Waals surface area contributed by atoms with Gasteiger partial charge in [0.15, 0.2) is 0 Å². The van der Waals surface area contributed by atoms with Crippen LogP contribution < -0.4 is 0 Å². The average molecular weight is 348 g/mol. The Kier molecular flexibility index (Phi) is 5.93. The number of hydrogen-bond acceptors (Lipinski definition) is 3. The molecule has 0 aliphatic rings. The minimum Gasteiger partial charge on any atom is -0.465 e. The first kappa shape index (κ1) is 15.7. The van der Waals surface area contributed by atoms with E-state index in [1.165, 1.54) is 0 Å². The lowest BCUT2D eigenvalue weighted by Crippen LogP contribution is -2.10. The Balaban J connectivity index is 1.72. The van der Waals surface area contributed by atoms with Gasteiger partial charge in [0.05, 0.1) is 13.0 Å². The number of nitrogens with zero attached hydrogens (tertiary/aromatic N) is 1. The quantitative estimate of drug-likeness (QED) is 0.588. The third kappa shape index (κ3) is 5.31. The minimum atomic E-state index is -0.174. The molecule has 1 heterocycles. The zero-order valence-corrected chi connectivity index (χ0v) is 13.6. The maximum Gasteiger partial charge on any atom is 0.310 e. The Labute approximate surface area is 133 Å². The number of hydrogen-bond donors (Lipinski definition) is 0. The lowest BCUT2D eigenvalue weighted by Gasteiger charge is -2.07. The molecule has 0 radical (unpaired) electrons. The standard InChI is InChI=1S/C17H18BrNO2/c1-13-10-16(18)7-6-15(13)11-17(20)21-9-3-5-14-4-2-8-19-12-14/h2,4,6-8,10,12H,3,5,9,11H2,1H3. The largest absolute Gasteiger partial charge is 0.465 e. The summed E-state index contributed by atoms with van der Waals surface area (Å²) in [6.07, 6.45) is 5.61. The number of aromatic nitrogens is 1. The molecule has 4 heteroatoms. The van der Waals surface area contributed by atoms with E-state index in [2.05, 4.69) is 20.9 Å². The summed E-state index contributed by atoms with van der Waals surface area (Å²) < 4.78 is 6.30. The Morgan fingerprint density at radius 1 is 1.33 bits per heavy atom. The van der Waals surface area contributed by atoms with Crippen molar-refractivity contribution in [3.63, 3.8) is 0 Å². The molecule has 110 valence electrons. The number of aryl methyl sites for hydroxylation is 2. The Hall–Kier alpha value is -1.68. The molecular weight excluding hydrogens is 330 g/mol. The molecule has 0 saturated carbocycles. The molecule has 0 saturated heterocycles. The van der Waals surface area contributed by atoms with E-state index in [0.29, 0.717) is 13.0 Å². The van der Waals surface area contributed by atoms with Crippen LogP contribution in [0.2, 0.25) is 0 Å². The molecule has 0 N–H and O–H groups in total. The van der Waals surface area contributed by atoms with Crippen LogP contribution >= 0.6 is 15.9 Å². The molecule has 2 aromatic rings. The van der Waals surface area contributed by atoms with Crippen LogP contribution in [-0.2, 0) is 22.4 Å². The highest BCUT2D eigenvalue weighted by Crippen LogP contribution is 2.16. The third-order valence-corrected chi connectivity index (χ3v) is 3.73. The second-order valence-electron chi connectivity index (χ2n) is 4.93. The molecule has 0 fully saturated rings. The highest BCUT2D eigenvalue weighted by Gasteiger charge is 2.07. The topological polar surface area (TPSA) is 39.2 Å². The van der Waals surface area contributed by atoms with E-state index < -0.39 is 0 Å². The van der Waals surface area contributed by atoms with Gasteiger partial charge in [0.1, 0.15) is 0 Å². The van der Waals surface area contributed by atoms with Crippen molar-refractivity contribution in [3.8, 4) is 0 Å². The third-order valence-electron chi connectivity index (χ3n) is 3.24. The molecule has 21 heavy (non-hydrogen) atoms. The number of halogens is 1. The van der Waals surface area contributed by atoms with Gasteiger partial charge in [0.2, 0.25) is 0 Å². The van der Waals surface area contributed by atoms with Crippen LogP contribution in [0.25, 0.3) is 0 Å². The second-order valence-corrected chi connectivity index (χ2v) is 5.85. The van der Waals surface area contributed by atoms with E-state index in [0.717, 1.165) is 34.0 Å². The lowest BCUT2D eigenvalue weighted by molar-refractivity contribution is -0.142. The number of benzene rings is 1. The summed E-state index contributed by atoms with van der Waals surface area (Å²) in [5, 5.41) is 0. The van der Waals surface area contributed by atoms with E-state index in [4.69, 9.17) is 4.74 Å². The fourth-order valence-corrected chi connectivity index (χ4v) is 2.55. The van der Waals surface area contributed by atoms with Gasteiger partial charge < -0.3 is 4.74 Å². The maximum atomic E-state index is 11.8. The second kappa shape index (κ2) is 7.93. The smallest absolute Gasteiger partial charge is 0.310 e. The SMILES string of the molecule is Cc1cc(Br)ccc1CC(=O)OCCCc1cccnc1. The number of carbonyl (C=O) groups is 1. The van der Waals surface area contributed by atoms with Crippen molar-refractivity contribution in [2.75, 3.05) is 6.61 Å². The van der Waals surface area contributed by atoms with Crippen LogP contribution in [0.3, 0.4) is 0 Å². The van der Waals surface area contributed by atoms with Crippen LogP contribution in [0.1, 0.15) is 23.1 Å². The lowest BCUT2D eigenvalue weighted by atomic mass is 10.1. The highest BCUT2D eigenvalue weighted by molar-refractivity contribution is 9.10. The molecule has 1 aromatic carbocycles. The first-order valence-corrected chi connectivity index (χ1v) is 7.74. The summed E-state index contributed by atoms with van der Waals surface area (Å²) in [7, 11) is 0. The highest BCUT2D eigenvalue weighted by atomic mass is 79.9. The molecule has 0 amide bonds. The van der Waals surface area contributed by atoms with E-state index in [1.54, 1.807) is 6.20 Å². The maximum absolute atomic E-state index is 11.8. The molecule has 2 rings (SSSR count). The molecule has 1 aromatic heterocycles. The number of esters is 1. The van der Waals surface area contributed by atoms with Crippen molar-refractivity contribution in [3.05, 3.63) is 63.9 Å². The first-order valence-electron chi connectivity index (χ1n) is 6.95. The van der Waals surface area contributed by atoms with Crippen molar-refractivity contribution in [2.24, 2.45) is 0 Å². The predicted octanol–water partition coefficient (Wildman–Crippen LogP) is 3.87. The van der Waals surface area contributed by atoms with E-state index in [9.17, 15) is 4.79 Å². The van der Waals surface area contributed by atoms with E-state index in [-0.39, 0.29) is 5.97 Å². The molecule has 0 aliphatic heterocycles. The minimum absolute atomic E-state index is 0.174. The molecule has 0 unspecified atom stereocenters. The van der Waals surface area contributed by atoms with Crippen LogP contribution in [0, 0.1) is 6.92 Å².